The van der Waals surface area contributed by atoms with Gasteiger partial charge in [0.1, 0.15) is 0 Å². The zero-order valence-corrected chi connectivity index (χ0v) is 61.2. The van der Waals surface area contributed by atoms with E-state index >= 15 is 0 Å². The lowest BCUT2D eigenvalue weighted by atomic mass is 9.30. The minimum atomic E-state index is -0.178. The van der Waals surface area contributed by atoms with Crippen molar-refractivity contribution in [2.24, 2.45) is 0 Å². The first-order valence-corrected chi connectivity index (χ1v) is 37.6. The molecule has 0 saturated heterocycles. The van der Waals surface area contributed by atoms with Crippen LogP contribution in [0.25, 0.3) is 27.5 Å². The van der Waals surface area contributed by atoms with Crippen molar-refractivity contribution in [3.8, 4) is 5.69 Å². The topological polar surface area (TPSA) is 21.1 Å². The summed E-state index contributed by atoms with van der Waals surface area (Å²) in [7, 11) is 0. The normalized spacial score (nSPS) is 16.4. The summed E-state index contributed by atoms with van der Waals surface area (Å²) >= 11 is 0. The van der Waals surface area contributed by atoms with Gasteiger partial charge in [-0.1, -0.05) is 219 Å². The first kappa shape index (κ1) is 62.6. The molecule has 0 N–H and O–H groups in total. The van der Waals surface area contributed by atoms with Crippen LogP contribution in [-0.2, 0) is 21.7 Å². The molecule has 0 spiro atoms. The van der Waals surface area contributed by atoms with Gasteiger partial charge in [0.2, 0.25) is 0 Å². The smallest absolute Gasteiger partial charge is 0.252 e. The zero-order chi connectivity index (χ0) is 70.4. The van der Waals surface area contributed by atoms with Gasteiger partial charge in [-0.05, 0) is 243 Å². The van der Waals surface area contributed by atoms with E-state index in [4.69, 9.17) is 0 Å². The molecule has 8 heteroatoms. The number of para-hydroxylation sites is 8. The average molecular weight is 1340 g/mol. The molecule has 5 heterocycles. The van der Waals surface area contributed by atoms with E-state index in [1.54, 1.807) is 0 Å². The summed E-state index contributed by atoms with van der Waals surface area (Å²) in [6.07, 6.45) is 4.56. The van der Waals surface area contributed by atoms with Crippen LogP contribution in [0.1, 0.15) is 114 Å². The SMILES string of the molecule is Cc1ccccc1N(c1cc2c3c(c1)N(c1ccccc1)c1cc4c(cc1B3c1ccccc1N2c1ccc2c(c1)C(C)(C)CCC2(C)C)B1c2ccccc2N(c2ccc3c(c2)C(C)(C)CCC3(C)C)c2cc(-n3c5ccccc5c5ccccc53)cc(c21)N4c1ccccc1)c1ccccc1C. The molecule has 14 aromatic rings. The second-order valence-corrected chi connectivity index (χ2v) is 33.0. The summed E-state index contributed by atoms with van der Waals surface area (Å²) in [5, 5.41) is 2.48. The maximum Gasteiger partial charge on any atom is 0.252 e. The van der Waals surface area contributed by atoms with Crippen LogP contribution < -0.4 is 57.3 Å². The first-order chi connectivity index (χ1) is 50.4. The molecule has 6 aliphatic rings. The van der Waals surface area contributed by atoms with Crippen LogP contribution in [0.2, 0.25) is 0 Å². The third-order valence-corrected chi connectivity index (χ3v) is 25.1. The summed E-state index contributed by atoms with van der Waals surface area (Å²) in [6.45, 7) is 23.8. The largest absolute Gasteiger partial charge is 0.311 e. The lowest BCUT2D eigenvalue weighted by Crippen LogP contribution is -2.65. The van der Waals surface area contributed by atoms with Gasteiger partial charge in [0, 0.05) is 90.4 Å². The van der Waals surface area contributed by atoms with Crippen molar-refractivity contribution >= 4 is 153 Å². The molecular formula is C96H84B2N6. The summed E-state index contributed by atoms with van der Waals surface area (Å²) in [5.41, 5.74) is 36.8. The van der Waals surface area contributed by atoms with Gasteiger partial charge in [-0.15, -0.1) is 0 Å². The second-order valence-electron chi connectivity index (χ2n) is 33.0. The molecule has 0 bridgehead atoms. The molecule has 13 aromatic carbocycles. The number of benzene rings is 13. The number of hydrogen-bond donors (Lipinski definition) is 0. The van der Waals surface area contributed by atoms with Gasteiger partial charge >= 0.3 is 0 Å². The highest BCUT2D eigenvalue weighted by atomic mass is 15.2. The molecule has 0 amide bonds. The lowest BCUT2D eigenvalue weighted by Gasteiger charge is -2.48. The van der Waals surface area contributed by atoms with Crippen LogP contribution in [0.5, 0.6) is 0 Å². The molecular weight excluding hydrogens is 1260 g/mol. The van der Waals surface area contributed by atoms with Crippen LogP contribution in [0.4, 0.5) is 85.3 Å². The van der Waals surface area contributed by atoms with E-state index in [1.807, 2.05) is 0 Å². The molecule has 104 heavy (non-hydrogen) atoms. The van der Waals surface area contributed by atoms with Gasteiger partial charge in [-0.2, -0.15) is 0 Å². The zero-order valence-electron chi connectivity index (χ0n) is 61.2. The highest BCUT2D eigenvalue weighted by Crippen LogP contribution is 2.55. The molecule has 1 aromatic heterocycles. The van der Waals surface area contributed by atoms with Crippen LogP contribution in [0.3, 0.4) is 0 Å². The van der Waals surface area contributed by atoms with Crippen molar-refractivity contribution in [3.05, 3.63) is 312 Å². The van der Waals surface area contributed by atoms with Crippen molar-refractivity contribution in [1.29, 1.82) is 0 Å². The number of hydrogen-bond acceptors (Lipinski definition) is 5. The van der Waals surface area contributed by atoms with Crippen molar-refractivity contribution in [2.45, 2.75) is 117 Å². The monoisotopic (exact) mass is 1340 g/mol. The quantitative estimate of drug-likeness (QED) is 0.141. The molecule has 2 aliphatic carbocycles. The standard InChI is InChI=1S/C96H84B2N6/c1-61-29-17-23-39-79(61)103(80-40-24-18-30-62(80)2)67-55-87-91-89(56-67)101(65-45-47-71-73(53-65)95(7,8)51-49-93(71,3)4)83-43-27-21-37-75(83)97(91)77-59-78-86(60-85(77)99(87)63-31-13-11-14-32-63)100(64-33-15-12-16-34-64)88-57-68(104-81-41-25-19-35-69(81)70-36-20-26-42-82(70)104)58-90-92(88)98(78)76-38-22-28-44-84(76)102(90)66-46-48-72-74(54-66)96(9,10)52-50-94(72,5)6/h11-48,53-60H,49-52H2,1-10H3. The minimum absolute atomic E-state index is 0.0105. The Kier molecular flexibility index (Phi) is 13.6. The van der Waals surface area contributed by atoms with Crippen LogP contribution in [-0.4, -0.2) is 18.0 Å². The first-order valence-electron chi connectivity index (χ1n) is 37.6. The molecule has 504 valence electrons. The Labute approximate surface area is 613 Å². The fraction of sp³-hybridized carbons (Fsp3) is 0.188. The number of rotatable bonds is 8. The van der Waals surface area contributed by atoms with E-state index in [9.17, 15) is 0 Å². The fourth-order valence-electron chi connectivity index (χ4n) is 19.6. The lowest BCUT2D eigenvalue weighted by molar-refractivity contribution is 0.332. The van der Waals surface area contributed by atoms with Gasteiger partial charge in [0.25, 0.3) is 13.4 Å². The van der Waals surface area contributed by atoms with Crippen molar-refractivity contribution in [2.75, 3.05) is 24.5 Å². The Morgan fingerprint density at radius 2 is 0.644 bits per heavy atom. The van der Waals surface area contributed by atoms with Crippen LogP contribution in [0, 0.1) is 13.8 Å². The maximum absolute atomic E-state index is 2.69. The number of nitrogens with zero attached hydrogens (tertiary/aromatic N) is 6. The summed E-state index contributed by atoms with van der Waals surface area (Å²) in [4.78, 5) is 13.1. The molecule has 4 aliphatic heterocycles. The van der Waals surface area contributed by atoms with Crippen molar-refractivity contribution in [1.82, 2.24) is 4.57 Å². The predicted molar refractivity (Wildman–Crippen MR) is 444 cm³/mol. The molecule has 6 nitrogen and oxygen atoms in total. The maximum atomic E-state index is 2.69. The number of aromatic nitrogens is 1. The van der Waals surface area contributed by atoms with E-state index in [0.717, 1.165) is 82.6 Å². The highest BCUT2D eigenvalue weighted by Gasteiger charge is 2.50. The Morgan fingerprint density at radius 3 is 1.09 bits per heavy atom. The van der Waals surface area contributed by atoms with Crippen LogP contribution in [0.15, 0.2) is 279 Å². The third-order valence-electron chi connectivity index (χ3n) is 25.1. The molecule has 0 saturated carbocycles. The summed E-state index contributed by atoms with van der Waals surface area (Å²) in [5.74, 6) is 0. The van der Waals surface area contributed by atoms with Gasteiger partial charge in [0.05, 0.1) is 22.4 Å². The van der Waals surface area contributed by atoms with Crippen molar-refractivity contribution < 1.29 is 0 Å². The van der Waals surface area contributed by atoms with Gasteiger partial charge in [-0.25, -0.2) is 0 Å². The average Bonchev–Trinajstić information content (AvgIpc) is 0.702. The number of fused-ring (bicyclic) bond motifs is 13. The number of anilines is 15. The fourth-order valence-corrected chi connectivity index (χ4v) is 19.6. The van der Waals surface area contributed by atoms with E-state index in [0.29, 0.717) is 0 Å². The molecule has 0 radical (unpaired) electrons. The minimum Gasteiger partial charge on any atom is -0.311 e. The summed E-state index contributed by atoms with van der Waals surface area (Å²) in [6, 6.07) is 108. The van der Waals surface area contributed by atoms with Gasteiger partial charge in [0.15, 0.2) is 0 Å². The number of aryl methyl sites for hydroxylation is 2. The predicted octanol–water partition coefficient (Wildman–Crippen LogP) is 21.7. The molecule has 20 rings (SSSR count). The van der Waals surface area contributed by atoms with Gasteiger partial charge < -0.3 is 29.1 Å². The Bertz CT molecular complexity index is 5820. The molecule has 0 unspecified atom stereocenters. The van der Waals surface area contributed by atoms with E-state index < -0.39 is 0 Å². The van der Waals surface area contributed by atoms with Crippen molar-refractivity contribution in [3.63, 3.8) is 0 Å². The van der Waals surface area contributed by atoms with Gasteiger partial charge in [-0.3, -0.25) is 0 Å². The van der Waals surface area contributed by atoms with E-state index in [1.165, 1.54) is 122 Å². The van der Waals surface area contributed by atoms with E-state index in [2.05, 4.69) is 377 Å². The summed E-state index contributed by atoms with van der Waals surface area (Å²) < 4.78 is 2.54. The highest BCUT2D eigenvalue weighted by molar-refractivity contribution is 7.03. The third kappa shape index (κ3) is 9.15. The van der Waals surface area contributed by atoms with Crippen LogP contribution >= 0.6 is 0 Å². The Hall–Kier alpha value is -11.2. The molecule has 0 atom stereocenters. The second kappa shape index (κ2) is 22.6. The Balaban J connectivity index is 0.907. The Morgan fingerprint density at radius 1 is 0.279 bits per heavy atom. The molecule has 0 fully saturated rings. The van der Waals surface area contributed by atoms with E-state index in [-0.39, 0.29) is 35.1 Å².